The molecule has 0 radical (unpaired) electrons. The van der Waals surface area contributed by atoms with E-state index in [0.29, 0.717) is 0 Å². The van der Waals surface area contributed by atoms with Crippen LogP contribution in [0.25, 0.3) is 10.2 Å². The fourth-order valence-electron chi connectivity index (χ4n) is 3.77. The van der Waals surface area contributed by atoms with Crippen molar-refractivity contribution in [2.75, 3.05) is 16.3 Å². The number of anilines is 4. The largest absolute Gasteiger partial charge is 0.312 e. The Balaban J connectivity index is 1.68. The molecular formula is C22H18N4OS. The molecule has 5 nitrogen and oxygen atoms in total. The molecule has 1 aromatic carbocycles. The van der Waals surface area contributed by atoms with Crippen molar-refractivity contribution < 1.29 is 4.79 Å². The molecule has 0 atom stereocenters. The zero-order valence-electron chi connectivity index (χ0n) is 15.4. The lowest BCUT2D eigenvalue weighted by Gasteiger charge is -2.25. The third-order valence-electron chi connectivity index (χ3n) is 5.04. The Morgan fingerprint density at radius 2 is 2.04 bits per heavy atom. The van der Waals surface area contributed by atoms with E-state index in [9.17, 15) is 4.79 Å². The van der Waals surface area contributed by atoms with E-state index in [1.165, 1.54) is 5.56 Å². The van der Waals surface area contributed by atoms with Crippen LogP contribution >= 0.6 is 11.3 Å². The van der Waals surface area contributed by atoms with E-state index in [-0.39, 0.29) is 5.91 Å². The predicted molar refractivity (Wildman–Crippen MR) is 114 cm³/mol. The Morgan fingerprint density at radius 3 is 2.86 bits per heavy atom. The predicted octanol–water partition coefficient (Wildman–Crippen LogP) is 5.07. The highest BCUT2D eigenvalue weighted by Gasteiger charge is 2.24. The molecule has 1 aliphatic heterocycles. The number of hydrogen-bond acceptors (Lipinski definition) is 5. The van der Waals surface area contributed by atoms with Crippen molar-refractivity contribution in [3.8, 4) is 0 Å². The fourth-order valence-corrected chi connectivity index (χ4v) is 4.63. The van der Waals surface area contributed by atoms with Crippen LogP contribution in [0.15, 0.2) is 66.3 Å². The first-order valence-corrected chi connectivity index (χ1v) is 10.0. The molecule has 5 rings (SSSR count). The summed E-state index contributed by atoms with van der Waals surface area (Å²) in [4.78, 5) is 25.0. The minimum atomic E-state index is 0.0857. The molecule has 4 heterocycles. The average molecular weight is 386 g/mol. The SMILES string of the molecule is CC(=O)N1CCc2cc(N(c3ccccn3)c3ccnc4ccsc34)ccc21. The first kappa shape index (κ1) is 16.9. The minimum Gasteiger partial charge on any atom is -0.312 e. The summed E-state index contributed by atoms with van der Waals surface area (Å²) in [5.74, 6) is 0.937. The Bertz CT molecular complexity index is 1170. The molecule has 138 valence electrons. The van der Waals surface area contributed by atoms with Gasteiger partial charge in [-0.2, -0.15) is 0 Å². The van der Waals surface area contributed by atoms with E-state index in [1.54, 1.807) is 24.5 Å². The van der Waals surface area contributed by atoms with Gasteiger partial charge in [0.15, 0.2) is 0 Å². The lowest BCUT2D eigenvalue weighted by molar-refractivity contribution is -0.116. The molecule has 0 bridgehead atoms. The number of amides is 1. The highest BCUT2D eigenvalue weighted by atomic mass is 32.1. The van der Waals surface area contributed by atoms with Crippen molar-refractivity contribution in [3.05, 3.63) is 71.9 Å². The molecule has 0 spiro atoms. The van der Waals surface area contributed by atoms with Crippen LogP contribution in [0, 0.1) is 0 Å². The van der Waals surface area contributed by atoms with Gasteiger partial charge in [-0.3, -0.25) is 14.7 Å². The molecule has 1 amide bonds. The highest BCUT2D eigenvalue weighted by molar-refractivity contribution is 7.17. The third-order valence-corrected chi connectivity index (χ3v) is 5.97. The normalized spacial score (nSPS) is 13.0. The van der Waals surface area contributed by atoms with E-state index in [4.69, 9.17) is 0 Å². The van der Waals surface area contributed by atoms with Crippen LogP contribution < -0.4 is 9.80 Å². The summed E-state index contributed by atoms with van der Waals surface area (Å²) >= 11 is 1.68. The number of carbonyl (C=O) groups is 1. The third kappa shape index (κ3) is 2.73. The standard InChI is InChI=1S/C22H18N4OS/c1-15(27)25-12-8-16-14-17(5-6-19(16)25)26(21-4-2-3-10-24-21)20-7-11-23-18-9-13-28-22(18)20/h2-7,9-11,13-14H,8,12H2,1H3. The second-order valence-electron chi connectivity index (χ2n) is 6.72. The van der Waals surface area contributed by atoms with Crippen molar-refractivity contribution in [2.45, 2.75) is 13.3 Å². The summed E-state index contributed by atoms with van der Waals surface area (Å²) in [6.45, 7) is 2.36. The maximum Gasteiger partial charge on any atom is 0.223 e. The van der Waals surface area contributed by atoms with Gasteiger partial charge in [0.25, 0.3) is 0 Å². The number of nitrogens with zero attached hydrogens (tertiary/aromatic N) is 4. The summed E-state index contributed by atoms with van der Waals surface area (Å²) in [6.07, 6.45) is 4.51. The van der Waals surface area contributed by atoms with E-state index < -0.39 is 0 Å². The summed E-state index contributed by atoms with van der Waals surface area (Å²) < 4.78 is 1.12. The van der Waals surface area contributed by atoms with Gasteiger partial charge in [-0.05, 0) is 59.8 Å². The Labute approximate surface area is 166 Å². The van der Waals surface area contributed by atoms with E-state index in [0.717, 1.165) is 46.1 Å². The van der Waals surface area contributed by atoms with Crippen molar-refractivity contribution in [1.29, 1.82) is 0 Å². The van der Waals surface area contributed by atoms with Gasteiger partial charge >= 0.3 is 0 Å². The first-order chi connectivity index (χ1) is 13.7. The summed E-state index contributed by atoms with van der Waals surface area (Å²) in [6, 6.07) is 16.3. The molecule has 0 N–H and O–H groups in total. The number of rotatable bonds is 3. The van der Waals surface area contributed by atoms with Gasteiger partial charge in [-0.15, -0.1) is 11.3 Å². The Kier molecular flexibility index (Phi) is 4.06. The number of pyridine rings is 2. The molecule has 6 heteroatoms. The number of aromatic nitrogens is 2. The number of fused-ring (bicyclic) bond motifs is 2. The maximum absolute atomic E-state index is 11.9. The summed E-state index contributed by atoms with van der Waals surface area (Å²) in [5, 5.41) is 2.06. The molecule has 0 saturated carbocycles. The maximum atomic E-state index is 11.9. The van der Waals surface area contributed by atoms with Crippen LogP contribution in [-0.2, 0) is 11.2 Å². The number of hydrogen-bond donors (Lipinski definition) is 0. The molecule has 28 heavy (non-hydrogen) atoms. The minimum absolute atomic E-state index is 0.0857. The number of benzene rings is 1. The zero-order chi connectivity index (χ0) is 19.1. The van der Waals surface area contributed by atoms with Gasteiger partial charge in [0, 0.05) is 37.2 Å². The average Bonchev–Trinajstić information content (AvgIpc) is 3.36. The molecule has 1 aliphatic rings. The van der Waals surface area contributed by atoms with Gasteiger partial charge in [-0.25, -0.2) is 4.98 Å². The second kappa shape index (κ2) is 6.73. The molecule has 3 aromatic heterocycles. The van der Waals surface area contributed by atoms with Crippen molar-refractivity contribution in [3.63, 3.8) is 0 Å². The highest BCUT2D eigenvalue weighted by Crippen LogP contribution is 2.41. The summed E-state index contributed by atoms with van der Waals surface area (Å²) in [5.41, 5.74) is 5.26. The van der Waals surface area contributed by atoms with Gasteiger partial charge in [0.2, 0.25) is 5.91 Å². The molecule has 4 aromatic rings. The molecular weight excluding hydrogens is 368 g/mol. The second-order valence-corrected chi connectivity index (χ2v) is 7.64. The van der Waals surface area contributed by atoms with Crippen molar-refractivity contribution in [2.24, 2.45) is 0 Å². The lowest BCUT2D eigenvalue weighted by atomic mass is 10.1. The number of carbonyl (C=O) groups excluding carboxylic acids is 1. The molecule has 0 saturated heterocycles. The van der Waals surface area contributed by atoms with Gasteiger partial charge in [-0.1, -0.05) is 6.07 Å². The smallest absolute Gasteiger partial charge is 0.223 e. The number of thiophene rings is 1. The van der Waals surface area contributed by atoms with Gasteiger partial charge in [0.05, 0.1) is 15.9 Å². The quantitative estimate of drug-likeness (QED) is 0.493. The topological polar surface area (TPSA) is 49.3 Å². The molecule has 0 fully saturated rings. The van der Waals surface area contributed by atoms with Crippen LogP contribution in [0.1, 0.15) is 12.5 Å². The monoisotopic (exact) mass is 386 g/mol. The lowest BCUT2D eigenvalue weighted by Crippen LogP contribution is -2.25. The van der Waals surface area contributed by atoms with Crippen molar-refractivity contribution in [1.82, 2.24) is 9.97 Å². The van der Waals surface area contributed by atoms with E-state index in [1.807, 2.05) is 47.5 Å². The van der Waals surface area contributed by atoms with Crippen LogP contribution in [-0.4, -0.2) is 22.4 Å². The zero-order valence-corrected chi connectivity index (χ0v) is 16.2. The Hall–Kier alpha value is -3.25. The van der Waals surface area contributed by atoms with Crippen LogP contribution in [0.3, 0.4) is 0 Å². The van der Waals surface area contributed by atoms with Gasteiger partial charge < -0.3 is 4.90 Å². The van der Waals surface area contributed by atoms with Crippen LogP contribution in [0.4, 0.5) is 22.9 Å². The van der Waals surface area contributed by atoms with Crippen LogP contribution in [0.5, 0.6) is 0 Å². The fraction of sp³-hybridized carbons (Fsp3) is 0.136. The Morgan fingerprint density at radius 1 is 1.11 bits per heavy atom. The van der Waals surface area contributed by atoms with E-state index in [2.05, 4.69) is 32.4 Å². The molecule has 0 unspecified atom stereocenters. The van der Waals surface area contributed by atoms with Crippen LogP contribution in [0.2, 0.25) is 0 Å². The van der Waals surface area contributed by atoms with E-state index >= 15 is 0 Å². The summed E-state index contributed by atoms with van der Waals surface area (Å²) in [7, 11) is 0. The first-order valence-electron chi connectivity index (χ1n) is 9.17. The van der Waals surface area contributed by atoms with Gasteiger partial charge in [0.1, 0.15) is 5.82 Å². The van der Waals surface area contributed by atoms with Crippen molar-refractivity contribution >= 4 is 50.3 Å². The molecule has 0 aliphatic carbocycles.